The number of unbranched alkanes of at least 4 members (excludes halogenated alkanes) is 1. The molecule has 2 aromatic rings. The number of aromatic nitrogens is 1. The minimum absolute atomic E-state index is 0.129. The summed E-state index contributed by atoms with van der Waals surface area (Å²) in [6.07, 6.45) is 21.6. The van der Waals surface area contributed by atoms with Crippen molar-refractivity contribution in [2.45, 2.75) is 110 Å². The number of rotatable bonds is 10. The van der Waals surface area contributed by atoms with Crippen LogP contribution < -0.4 is 0 Å². The summed E-state index contributed by atoms with van der Waals surface area (Å²) in [7, 11) is 0. The highest BCUT2D eigenvalue weighted by atomic mass is 19.1. The zero-order chi connectivity index (χ0) is 27.1. The zero-order valence-electron chi connectivity index (χ0n) is 24.0. The van der Waals surface area contributed by atoms with E-state index in [1.54, 1.807) is 12.1 Å². The summed E-state index contributed by atoms with van der Waals surface area (Å²) in [5, 5.41) is 0. The van der Waals surface area contributed by atoms with E-state index in [2.05, 4.69) is 27.0 Å². The molecule has 4 rings (SSSR count). The van der Waals surface area contributed by atoms with Gasteiger partial charge in [-0.1, -0.05) is 101 Å². The molecule has 38 heavy (non-hydrogen) atoms. The molecule has 2 unspecified atom stereocenters. The number of nitrogens with zero attached hydrogens (tertiary/aromatic N) is 1. The van der Waals surface area contributed by atoms with Crippen LogP contribution in [0.2, 0.25) is 0 Å². The van der Waals surface area contributed by atoms with Crippen LogP contribution in [0.4, 0.5) is 4.39 Å². The van der Waals surface area contributed by atoms with Crippen LogP contribution in [0, 0.1) is 23.6 Å². The first-order valence-corrected chi connectivity index (χ1v) is 15.0. The largest absolute Gasteiger partial charge is 0.448 e. The van der Waals surface area contributed by atoms with Crippen LogP contribution in [0.1, 0.15) is 114 Å². The molecule has 0 radical (unpaired) electrons. The smallest absolute Gasteiger partial charge is 0.200 e. The summed E-state index contributed by atoms with van der Waals surface area (Å²) in [5.41, 5.74) is 5.03. The van der Waals surface area contributed by atoms with Crippen LogP contribution in [-0.4, -0.2) is 4.98 Å². The van der Waals surface area contributed by atoms with E-state index in [-0.39, 0.29) is 17.2 Å². The van der Waals surface area contributed by atoms with Gasteiger partial charge in [-0.05, 0) is 86.5 Å². The average molecular weight is 518 g/mol. The van der Waals surface area contributed by atoms with Gasteiger partial charge in [-0.3, -0.25) is 0 Å². The van der Waals surface area contributed by atoms with E-state index in [1.807, 2.05) is 31.4 Å². The number of oxazole rings is 1. The number of halogens is 1. The van der Waals surface area contributed by atoms with E-state index in [0.717, 1.165) is 66.3 Å². The molecule has 1 aromatic heterocycles. The Morgan fingerprint density at radius 3 is 2.74 bits per heavy atom. The fraction of sp³-hybridized carbons (Fsp3) is 0.571. The SMILES string of the molecule is C=C(C)/C=C/c1ccc(F)cc1C[C@@H]1C(=C)CCC(C)CC1(C)c1nc(CCCCC2CCCCC2)co1. The molecule has 0 amide bonds. The average Bonchev–Trinajstić information content (AvgIpc) is 3.34. The van der Waals surface area contributed by atoms with Crippen molar-refractivity contribution >= 4 is 6.08 Å². The van der Waals surface area contributed by atoms with Crippen LogP contribution in [-0.2, 0) is 18.3 Å². The van der Waals surface area contributed by atoms with Crippen LogP contribution >= 0.6 is 0 Å². The predicted octanol–water partition coefficient (Wildman–Crippen LogP) is 10.2. The molecule has 3 heteroatoms. The molecule has 3 atom stereocenters. The summed E-state index contributed by atoms with van der Waals surface area (Å²) >= 11 is 0. The first-order chi connectivity index (χ1) is 18.2. The Bertz CT molecular complexity index is 1120. The van der Waals surface area contributed by atoms with Crippen molar-refractivity contribution in [3.05, 3.63) is 83.4 Å². The number of hydrogen-bond donors (Lipinski definition) is 0. The maximum atomic E-state index is 14.4. The van der Waals surface area contributed by atoms with Crippen molar-refractivity contribution in [1.29, 1.82) is 0 Å². The summed E-state index contributed by atoms with van der Waals surface area (Å²) in [4.78, 5) is 5.08. The standard InChI is InChI=1S/C35H48FNO/c1-25(2)15-18-29-19-20-31(36)21-30(29)22-33-27(4)17-16-26(3)23-35(33,5)34-37-32(24-38-34)14-10-9-13-28-11-7-6-8-12-28/h15,18-21,24,26,28,33H,1,4,6-14,16-17,22-23H2,2-3,5H3/b18-15+/t26?,33-,35?/m1/s1. The Kier molecular flexibility index (Phi) is 9.85. The zero-order valence-corrected chi connectivity index (χ0v) is 24.0. The molecule has 0 aliphatic heterocycles. The second kappa shape index (κ2) is 13.1. The van der Waals surface area contributed by atoms with Crippen LogP contribution in [0.25, 0.3) is 6.08 Å². The second-order valence-corrected chi connectivity index (χ2v) is 12.6. The Labute approximate surface area is 230 Å². The highest BCUT2D eigenvalue weighted by Gasteiger charge is 2.44. The molecule has 0 N–H and O–H groups in total. The lowest BCUT2D eigenvalue weighted by Gasteiger charge is -2.36. The van der Waals surface area contributed by atoms with Gasteiger partial charge in [0.05, 0.1) is 11.1 Å². The fourth-order valence-electron chi connectivity index (χ4n) is 6.90. The van der Waals surface area contributed by atoms with Gasteiger partial charge in [-0.2, -0.15) is 0 Å². The number of allylic oxidation sites excluding steroid dienone is 3. The molecule has 2 saturated carbocycles. The van der Waals surface area contributed by atoms with Gasteiger partial charge in [0, 0.05) is 0 Å². The van der Waals surface area contributed by atoms with Crippen LogP contribution in [0.3, 0.4) is 0 Å². The van der Waals surface area contributed by atoms with E-state index >= 15 is 0 Å². The van der Waals surface area contributed by atoms with Crippen molar-refractivity contribution in [2.24, 2.45) is 17.8 Å². The van der Waals surface area contributed by atoms with Gasteiger partial charge in [0.15, 0.2) is 0 Å². The molecular weight excluding hydrogens is 469 g/mol. The molecule has 0 spiro atoms. The van der Waals surface area contributed by atoms with Crippen molar-refractivity contribution in [2.75, 3.05) is 0 Å². The molecular formula is C35H48FNO. The molecule has 2 nitrogen and oxygen atoms in total. The lowest BCUT2D eigenvalue weighted by atomic mass is 9.68. The summed E-state index contributed by atoms with van der Waals surface area (Å²) in [5.74, 6) is 2.24. The lowest BCUT2D eigenvalue weighted by molar-refractivity contribution is 0.226. The van der Waals surface area contributed by atoms with Gasteiger partial charge < -0.3 is 4.42 Å². The third-order valence-electron chi connectivity index (χ3n) is 9.13. The molecule has 2 aliphatic carbocycles. The molecule has 1 heterocycles. The van der Waals surface area contributed by atoms with E-state index in [1.165, 1.54) is 56.9 Å². The monoisotopic (exact) mass is 517 g/mol. The highest BCUT2D eigenvalue weighted by molar-refractivity contribution is 5.56. The second-order valence-electron chi connectivity index (χ2n) is 12.6. The Morgan fingerprint density at radius 2 is 1.97 bits per heavy atom. The van der Waals surface area contributed by atoms with Crippen molar-refractivity contribution in [3.63, 3.8) is 0 Å². The van der Waals surface area contributed by atoms with Gasteiger partial charge >= 0.3 is 0 Å². The third kappa shape index (κ3) is 7.36. The van der Waals surface area contributed by atoms with Crippen molar-refractivity contribution < 1.29 is 8.81 Å². The topological polar surface area (TPSA) is 26.0 Å². The quantitative estimate of drug-likeness (QED) is 0.136. The third-order valence-corrected chi connectivity index (χ3v) is 9.13. The van der Waals surface area contributed by atoms with E-state index in [4.69, 9.17) is 9.40 Å². The maximum Gasteiger partial charge on any atom is 0.200 e. The summed E-state index contributed by atoms with van der Waals surface area (Å²) in [6, 6.07) is 5.10. The molecule has 0 bridgehead atoms. The number of aryl methyl sites for hydroxylation is 1. The van der Waals surface area contributed by atoms with Crippen molar-refractivity contribution in [3.8, 4) is 0 Å². The molecule has 0 saturated heterocycles. The van der Waals surface area contributed by atoms with E-state index in [0.29, 0.717) is 5.92 Å². The molecule has 1 aromatic carbocycles. The van der Waals surface area contributed by atoms with Gasteiger partial charge in [-0.15, -0.1) is 0 Å². The first-order valence-electron chi connectivity index (χ1n) is 15.0. The Balaban J connectivity index is 1.53. The summed E-state index contributed by atoms with van der Waals surface area (Å²) in [6.45, 7) is 15.1. The van der Waals surface area contributed by atoms with Gasteiger partial charge in [0.1, 0.15) is 12.1 Å². The maximum absolute atomic E-state index is 14.4. The summed E-state index contributed by atoms with van der Waals surface area (Å²) < 4.78 is 20.7. The number of hydrogen-bond acceptors (Lipinski definition) is 2. The first kappa shape index (κ1) is 28.6. The normalized spacial score (nSPS) is 25.1. The fourth-order valence-corrected chi connectivity index (χ4v) is 6.90. The minimum atomic E-state index is -0.283. The Morgan fingerprint density at radius 1 is 1.18 bits per heavy atom. The molecule has 2 aliphatic rings. The van der Waals surface area contributed by atoms with Gasteiger partial charge in [-0.25, -0.2) is 9.37 Å². The van der Waals surface area contributed by atoms with Crippen LogP contribution in [0.5, 0.6) is 0 Å². The van der Waals surface area contributed by atoms with E-state index < -0.39 is 0 Å². The molecule has 206 valence electrons. The highest BCUT2D eigenvalue weighted by Crippen LogP contribution is 2.47. The molecule has 2 fully saturated rings. The predicted molar refractivity (Wildman–Crippen MR) is 158 cm³/mol. The van der Waals surface area contributed by atoms with Gasteiger partial charge in [0.2, 0.25) is 5.89 Å². The van der Waals surface area contributed by atoms with Crippen LogP contribution in [0.15, 0.2) is 59.3 Å². The van der Waals surface area contributed by atoms with Crippen molar-refractivity contribution in [1.82, 2.24) is 4.98 Å². The lowest BCUT2D eigenvalue weighted by Crippen LogP contribution is -2.35. The number of benzene rings is 1. The minimum Gasteiger partial charge on any atom is -0.448 e. The Hall–Kier alpha value is -2.42. The van der Waals surface area contributed by atoms with E-state index in [9.17, 15) is 4.39 Å². The van der Waals surface area contributed by atoms with Gasteiger partial charge in [0.25, 0.3) is 0 Å².